The average Bonchev–Trinajstić information content (AvgIpc) is 3.15. The van der Waals surface area contributed by atoms with Gasteiger partial charge in [0.15, 0.2) is 5.58 Å². The largest absolute Gasteiger partial charge is 0.463 e. The Hall–Kier alpha value is -2.49. The lowest BCUT2D eigenvalue weighted by Crippen LogP contribution is -2.28. The van der Waals surface area contributed by atoms with E-state index in [9.17, 15) is 4.79 Å². The Labute approximate surface area is 136 Å². The Balaban J connectivity index is 1.84. The number of nitrogens with zero attached hydrogens (tertiary/aromatic N) is 1. The molecule has 0 fully saturated rings. The van der Waals surface area contributed by atoms with Gasteiger partial charge in [0, 0.05) is 18.7 Å². The lowest BCUT2D eigenvalue weighted by Gasteiger charge is -2.15. The number of aryl methyl sites for hydroxylation is 1. The number of nitrogens with one attached hydrogen (secondary N) is 1. The summed E-state index contributed by atoms with van der Waals surface area (Å²) >= 11 is 0. The van der Waals surface area contributed by atoms with Gasteiger partial charge in [-0.05, 0) is 18.9 Å². The summed E-state index contributed by atoms with van der Waals surface area (Å²) in [6, 6.07) is 13.7. The number of furan rings is 1. The Bertz CT molecular complexity index is 786. The molecule has 4 heteroatoms. The third-order valence-corrected chi connectivity index (χ3v) is 4.14. The molecule has 23 heavy (non-hydrogen) atoms. The molecule has 0 radical (unpaired) electrons. The molecular formula is C19H22N2O2. The van der Waals surface area contributed by atoms with Crippen LogP contribution in [0.25, 0.3) is 11.1 Å². The zero-order valence-corrected chi connectivity index (χ0v) is 13.6. The van der Waals surface area contributed by atoms with E-state index in [4.69, 9.17) is 4.42 Å². The highest BCUT2D eigenvalue weighted by Crippen LogP contribution is 2.22. The van der Waals surface area contributed by atoms with Gasteiger partial charge in [0.1, 0.15) is 5.69 Å². The van der Waals surface area contributed by atoms with Crippen LogP contribution in [0.2, 0.25) is 0 Å². The summed E-state index contributed by atoms with van der Waals surface area (Å²) in [7, 11) is 0. The molecule has 2 heterocycles. The van der Waals surface area contributed by atoms with Gasteiger partial charge in [-0.2, -0.15) is 0 Å². The maximum Gasteiger partial charge on any atom is 0.268 e. The van der Waals surface area contributed by atoms with Gasteiger partial charge < -0.3 is 14.3 Å². The second-order valence-electron chi connectivity index (χ2n) is 5.81. The number of unbranched alkanes of at least 4 members (excludes halogenated alkanes) is 1. The molecule has 1 atom stereocenters. The summed E-state index contributed by atoms with van der Waals surface area (Å²) in [5.74, 6) is -0.0659. The monoisotopic (exact) mass is 310 g/mol. The number of carbonyl (C=O) groups excluding carboxylic acids is 1. The van der Waals surface area contributed by atoms with Crippen LogP contribution in [0.1, 0.15) is 48.8 Å². The molecule has 0 aliphatic rings. The zero-order chi connectivity index (χ0) is 16.2. The van der Waals surface area contributed by atoms with E-state index in [1.807, 2.05) is 49.4 Å². The highest BCUT2D eigenvalue weighted by molar-refractivity contribution is 5.97. The molecule has 0 spiro atoms. The van der Waals surface area contributed by atoms with E-state index < -0.39 is 0 Å². The number of hydrogen-bond acceptors (Lipinski definition) is 2. The fourth-order valence-corrected chi connectivity index (χ4v) is 2.82. The van der Waals surface area contributed by atoms with Crippen molar-refractivity contribution in [3.8, 4) is 0 Å². The van der Waals surface area contributed by atoms with Crippen LogP contribution < -0.4 is 5.32 Å². The van der Waals surface area contributed by atoms with Crippen molar-refractivity contribution in [3.05, 3.63) is 60.0 Å². The molecule has 0 unspecified atom stereocenters. The Kier molecular flexibility index (Phi) is 4.51. The van der Waals surface area contributed by atoms with Crippen LogP contribution in [0.3, 0.4) is 0 Å². The van der Waals surface area contributed by atoms with E-state index >= 15 is 0 Å². The summed E-state index contributed by atoms with van der Waals surface area (Å²) < 4.78 is 7.51. The number of carbonyl (C=O) groups is 1. The van der Waals surface area contributed by atoms with Crippen LogP contribution in [0.5, 0.6) is 0 Å². The van der Waals surface area contributed by atoms with E-state index in [1.54, 1.807) is 6.26 Å². The van der Waals surface area contributed by atoms with Crippen molar-refractivity contribution in [2.45, 2.75) is 39.3 Å². The minimum atomic E-state index is -0.0659. The minimum Gasteiger partial charge on any atom is -0.463 e. The van der Waals surface area contributed by atoms with Crippen molar-refractivity contribution < 1.29 is 9.21 Å². The molecule has 120 valence electrons. The first kappa shape index (κ1) is 15.4. The standard InChI is InChI=1S/C19H22N2O2/c1-3-4-11-21-16-10-12-23-18(16)13-17(21)19(22)20-14(2)15-8-6-5-7-9-15/h5-10,12-14H,3-4,11H2,1-2H3,(H,20,22)/t14-/m0/s1. The highest BCUT2D eigenvalue weighted by atomic mass is 16.3. The van der Waals surface area contributed by atoms with Crippen LogP contribution in [-0.2, 0) is 6.54 Å². The van der Waals surface area contributed by atoms with Gasteiger partial charge in [-0.3, -0.25) is 4.79 Å². The van der Waals surface area contributed by atoms with Crippen molar-refractivity contribution in [1.29, 1.82) is 0 Å². The first-order chi connectivity index (χ1) is 11.2. The van der Waals surface area contributed by atoms with Crippen molar-refractivity contribution in [2.75, 3.05) is 0 Å². The molecule has 0 saturated carbocycles. The minimum absolute atomic E-state index is 0.0375. The van der Waals surface area contributed by atoms with E-state index in [-0.39, 0.29) is 11.9 Å². The fraction of sp³-hybridized carbons (Fsp3) is 0.316. The normalized spacial score (nSPS) is 12.4. The average molecular weight is 310 g/mol. The summed E-state index contributed by atoms with van der Waals surface area (Å²) in [6.45, 7) is 4.96. The highest BCUT2D eigenvalue weighted by Gasteiger charge is 2.19. The van der Waals surface area contributed by atoms with Crippen molar-refractivity contribution in [3.63, 3.8) is 0 Å². The Morgan fingerprint density at radius 2 is 2.04 bits per heavy atom. The molecule has 1 amide bonds. The van der Waals surface area contributed by atoms with Crippen LogP contribution in [0.4, 0.5) is 0 Å². The lowest BCUT2D eigenvalue weighted by molar-refractivity contribution is 0.0930. The van der Waals surface area contributed by atoms with E-state index in [0.717, 1.165) is 36.0 Å². The molecule has 0 aliphatic heterocycles. The maximum absolute atomic E-state index is 12.7. The van der Waals surface area contributed by atoms with Crippen molar-refractivity contribution in [2.24, 2.45) is 0 Å². The molecule has 1 N–H and O–H groups in total. The van der Waals surface area contributed by atoms with Crippen LogP contribution in [-0.4, -0.2) is 10.5 Å². The summed E-state index contributed by atoms with van der Waals surface area (Å²) in [5, 5.41) is 3.08. The number of fused-ring (bicyclic) bond motifs is 1. The number of hydrogen-bond donors (Lipinski definition) is 1. The summed E-state index contributed by atoms with van der Waals surface area (Å²) in [4.78, 5) is 12.7. The van der Waals surface area contributed by atoms with Gasteiger partial charge in [0.2, 0.25) is 0 Å². The van der Waals surface area contributed by atoms with E-state index in [2.05, 4.69) is 16.8 Å². The maximum atomic E-state index is 12.7. The number of rotatable bonds is 6. The van der Waals surface area contributed by atoms with Crippen molar-refractivity contribution in [1.82, 2.24) is 9.88 Å². The second kappa shape index (κ2) is 6.73. The topological polar surface area (TPSA) is 47.2 Å². The molecule has 4 nitrogen and oxygen atoms in total. The summed E-state index contributed by atoms with van der Waals surface area (Å²) in [5.41, 5.74) is 3.50. The lowest BCUT2D eigenvalue weighted by atomic mass is 10.1. The fourth-order valence-electron chi connectivity index (χ4n) is 2.82. The molecular weight excluding hydrogens is 288 g/mol. The Morgan fingerprint density at radius 3 is 2.78 bits per heavy atom. The van der Waals surface area contributed by atoms with E-state index in [1.165, 1.54) is 0 Å². The van der Waals surface area contributed by atoms with Crippen LogP contribution >= 0.6 is 0 Å². The van der Waals surface area contributed by atoms with Gasteiger partial charge in [-0.25, -0.2) is 0 Å². The Morgan fingerprint density at radius 1 is 1.26 bits per heavy atom. The van der Waals surface area contributed by atoms with Gasteiger partial charge in [-0.15, -0.1) is 0 Å². The molecule has 0 saturated heterocycles. The van der Waals surface area contributed by atoms with Gasteiger partial charge in [0.25, 0.3) is 5.91 Å². The third kappa shape index (κ3) is 3.16. The molecule has 3 aromatic rings. The van der Waals surface area contributed by atoms with Gasteiger partial charge in [0.05, 0.1) is 17.8 Å². The third-order valence-electron chi connectivity index (χ3n) is 4.14. The molecule has 0 bridgehead atoms. The van der Waals surface area contributed by atoms with E-state index in [0.29, 0.717) is 5.69 Å². The quantitative estimate of drug-likeness (QED) is 0.727. The zero-order valence-electron chi connectivity index (χ0n) is 13.6. The molecule has 2 aromatic heterocycles. The number of aromatic nitrogens is 1. The van der Waals surface area contributed by atoms with Crippen LogP contribution in [0, 0.1) is 0 Å². The second-order valence-corrected chi connectivity index (χ2v) is 5.81. The summed E-state index contributed by atoms with van der Waals surface area (Å²) in [6.07, 6.45) is 3.78. The van der Waals surface area contributed by atoms with Gasteiger partial charge >= 0.3 is 0 Å². The molecule has 3 rings (SSSR count). The molecule has 1 aromatic carbocycles. The molecule has 0 aliphatic carbocycles. The SMILES string of the molecule is CCCCn1c(C(=O)N[C@@H](C)c2ccccc2)cc2occc21. The van der Waals surface area contributed by atoms with Crippen molar-refractivity contribution >= 4 is 17.0 Å². The smallest absolute Gasteiger partial charge is 0.268 e. The number of benzene rings is 1. The van der Waals surface area contributed by atoms with Crippen LogP contribution in [0.15, 0.2) is 53.1 Å². The number of amides is 1. The first-order valence-corrected chi connectivity index (χ1v) is 8.13. The van der Waals surface area contributed by atoms with Gasteiger partial charge in [-0.1, -0.05) is 43.7 Å². The predicted molar refractivity (Wildman–Crippen MR) is 91.4 cm³/mol. The first-order valence-electron chi connectivity index (χ1n) is 8.13. The predicted octanol–water partition coefficient (Wildman–Crippen LogP) is 4.53.